The summed E-state index contributed by atoms with van der Waals surface area (Å²) in [7, 11) is 0. The van der Waals surface area contributed by atoms with Crippen LogP contribution in [0, 0.1) is 26.1 Å². The molecule has 3 rings (SSSR count). The van der Waals surface area contributed by atoms with E-state index < -0.39 is 15.8 Å². The summed E-state index contributed by atoms with van der Waals surface area (Å²) in [5.74, 6) is -0.700. The van der Waals surface area contributed by atoms with Gasteiger partial charge in [-0.25, -0.2) is 9.97 Å². The number of esters is 1. The van der Waals surface area contributed by atoms with Crippen molar-refractivity contribution in [1.82, 2.24) is 9.97 Å². The minimum atomic E-state index is -0.594. The Morgan fingerprint density at radius 3 is 2.58 bits per heavy atom. The van der Waals surface area contributed by atoms with Crippen molar-refractivity contribution in [2.24, 2.45) is 5.92 Å². The molecule has 31 heavy (non-hydrogen) atoms. The van der Waals surface area contributed by atoms with Gasteiger partial charge in [0.2, 0.25) is 11.6 Å². The third-order valence-corrected chi connectivity index (χ3v) is 4.73. The lowest BCUT2D eigenvalue weighted by Gasteiger charge is -2.32. The van der Waals surface area contributed by atoms with E-state index in [-0.39, 0.29) is 42.1 Å². The van der Waals surface area contributed by atoms with E-state index in [1.807, 2.05) is 0 Å². The number of nitrogens with zero attached hydrogens (tertiary/aromatic N) is 5. The predicted molar refractivity (Wildman–Crippen MR) is 111 cm³/mol. The highest BCUT2D eigenvalue weighted by molar-refractivity contribution is 5.75. The van der Waals surface area contributed by atoms with Crippen molar-refractivity contribution in [3.8, 4) is 0 Å². The number of nitrogens with one attached hydrogen (secondary N) is 2. The van der Waals surface area contributed by atoms with E-state index in [1.165, 1.54) is 30.6 Å². The van der Waals surface area contributed by atoms with Crippen LogP contribution in [0.25, 0.3) is 0 Å². The minimum Gasteiger partial charge on any atom is -0.466 e. The van der Waals surface area contributed by atoms with Gasteiger partial charge in [0.15, 0.2) is 0 Å². The molecule has 0 aliphatic carbocycles. The third-order valence-electron chi connectivity index (χ3n) is 4.73. The molecular weight excluding hydrogens is 410 g/mol. The highest BCUT2D eigenvalue weighted by Gasteiger charge is 2.33. The van der Waals surface area contributed by atoms with Crippen molar-refractivity contribution >= 4 is 34.7 Å². The van der Waals surface area contributed by atoms with Gasteiger partial charge in [0.1, 0.15) is 6.33 Å². The number of hydrazine groups is 1. The fourth-order valence-corrected chi connectivity index (χ4v) is 3.28. The van der Waals surface area contributed by atoms with Crippen LogP contribution in [0.4, 0.5) is 28.7 Å². The second-order valence-electron chi connectivity index (χ2n) is 6.74. The van der Waals surface area contributed by atoms with Crippen molar-refractivity contribution in [1.29, 1.82) is 0 Å². The maximum Gasteiger partial charge on any atom is 0.355 e. The molecule has 2 heterocycles. The normalized spacial score (nSPS) is 15.8. The van der Waals surface area contributed by atoms with E-state index in [4.69, 9.17) is 4.74 Å². The molecule has 1 fully saturated rings. The third kappa shape index (κ3) is 5.12. The number of nitro groups is 2. The zero-order valence-electron chi connectivity index (χ0n) is 16.7. The topological polar surface area (TPSA) is 166 Å². The van der Waals surface area contributed by atoms with Gasteiger partial charge in [0.25, 0.3) is 5.69 Å². The van der Waals surface area contributed by atoms with Crippen LogP contribution < -0.4 is 15.8 Å². The monoisotopic (exact) mass is 431 g/mol. The van der Waals surface area contributed by atoms with Crippen LogP contribution in [0.15, 0.2) is 30.6 Å². The van der Waals surface area contributed by atoms with Crippen molar-refractivity contribution in [2.75, 3.05) is 35.4 Å². The van der Waals surface area contributed by atoms with E-state index in [2.05, 4.69) is 20.8 Å². The van der Waals surface area contributed by atoms with Gasteiger partial charge in [-0.2, -0.15) is 0 Å². The molecule has 2 aromatic rings. The Morgan fingerprint density at radius 1 is 1.19 bits per heavy atom. The van der Waals surface area contributed by atoms with Crippen LogP contribution in [0.3, 0.4) is 0 Å². The van der Waals surface area contributed by atoms with Crippen LogP contribution >= 0.6 is 0 Å². The summed E-state index contributed by atoms with van der Waals surface area (Å²) in [4.78, 5) is 43.2. The lowest BCUT2D eigenvalue weighted by atomic mass is 9.98. The number of ether oxygens (including phenoxy) is 1. The SMILES string of the molecule is CCOC(=O)C1CCCN(c2ncnc(NNc3ccc([N+](=O)[O-])cc3)c2[N+](=O)[O-])C1. The zero-order valence-corrected chi connectivity index (χ0v) is 16.7. The molecule has 13 nitrogen and oxygen atoms in total. The summed E-state index contributed by atoms with van der Waals surface area (Å²) in [5.41, 5.74) is 5.42. The summed E-state index contributed by atoms with van der Waals surface area (Å²) < 4.78 is 5.08. The molecular formula is C18H21N7O6. The molecule has 0 radical (unpaired) electrons. The van der Waals surface area contributed by atoms with E-state index in [0.717, 1.165) is 0 Å². The van der Waals surface area contributed by atoms with Gasteiger partial charge < -0.3 is 9.64 Å². The fourth-order valence-electron chi connectivity index (χ4n) is 3.28. The minimum absolute atomic E-state index is 0.0772. The van der Waals surface area contributed by atoms with Crippen molar-refractivity contribution < 1.29 is 19.4 Å². The van der Waals surface area contributed by atoms with Crippen LogP contribution in [-0.4, -0.2) is 45.5 Å². The smallest absolute Gasteiger partial charge is 0.355 e. The zero-order chi connectivity index (χ0) is 22.4. The van der Waals surface area contributed by atoms with Gasteiger partial charge in [-0.1, -0.05) is 0 Å². The van der Waals surface area contributed by atoms with Crippen LogP contribution in [0.5, 0.6) is 0 Å². The summed E-state index contributed by atoms with van der Waals surface area (Å²) in [5, 5.41) is 22.5. The highest BCUT2D eigenvalue weighted by atomic mass is 16.6. The predicted octanol–water partition coefficient (Wildman–Crippen LogP) is 2.51. The number of anilines is 3. The molecule has 1 aliphatic heterocycles. The van der Waals surface area contributed by atoms with Crippen LogP contribution in [-0.2, 0) is 9.53 Å². The number of benzene rings is 1. The standard InChI is InChI=1S/C18H21N7O6/c1-2-31-18(26)12-4-3-9-23(10-12)17-15(25(29)30)16(19-11-20-17)22-21-13-5-7-14(8-6-13)24(27)28/h5-8,11-12,21H,2-4,9-10H2,1H3,(H,19,20,22). The second kappa shape index (κ2) is 9.65. The number of piperidine rings is 1. The van der Waals surface area contributed by atoms with E-state index >= 15 is 0 Å². The molecule has 0 saturated carbocycles. The number of aromatic nitrogens is 2. The number of non-ortho nitro benzene ring substituents is 1. The average molecular weight is 431 g/mol. The van der Waals surface area contributed by atoms with Crippen molar-refractivity contribution in [3.05, 3.63) is 50.8 Å². The first-order valence-electron chi connectivity index (χ1n) is 9.58. The number of hydrogen-bond donors (Lipinski definition) is 2. The molecule has 1 atom stereocenters. The Hall–Kier alpha value is -4.03. The quantitative estimate of drug-likeness (QED) is 0.358. The molecule has 1 aromatic carbocycles. The summed E-state index contributed by atoms with van der Waals surface area (Å²) in [6.07, 6.45) is 2.49. The lowest BCUT2D eigenvalue weighted by molar-refractivity contribution is -0.384. The maximum absolute atomic E-state index is 12.1. The van der Waals surface area contributed by atoms with E-state index in [0.29, 0.717) is 25.1 Å². The van der Waals surface area contributed by atoms with Gasteiger partial charge in [-0.15, -0.1) is 0 Å². The summed E-state index contributed by atoms with van der Waals surface area (Å²) in [6, 6.07) is 5.50. The van der Waals surface area contributed by atoms with Crippen LogP contribution in [0.1, 0.15) is 19.8 Å². The first-order valence-corrected chi connectivity index (χ1v) is 9.58. The molecule has 1 saturated heterocycles. The molecule has 13 heteroatoms. The van der Waals surface area contributed by atoms with E-state index in [1.54, 1.807) is 11.8 Å². The average Bonchev–Trinajstić information content (AvgIpc) is 2.77. The Bertz CT molecular complexity index is 968. The largest absolute Gasteiger partial charge is 0.466 e. The number of nitro benzene ring substituents is 1. The van der Waals surface area contributed by atoms with Crippen LogP contribution in [0.2, 0.25) is 0 Å². The molecule has 2 N–H and O–H groups in total. The Morgan fingerprint density at radius 2 is 1.94 bits per heavy atom. The maximum atomic E-state index is 12.1. The van der Waals surface area contributed by atoms with Gasteiger partial charge in [-0.3, -0.25) is 35.9 Å². The highest BCUT2D eigenvalue weighted by Crippen LogP contribution is 2.34. The molecule has 1 aromatic heterocycles. The second-order valence-corrected chi connectivity index (χ2v) is 6.74. The Balaban J connectivity index is 1.80. The lowest BCUT2D eigenvalue weighted by Crippen LogP contribution is -2.40. The summed E-state index contributed by atoms with van der Waals surface area (Å²) >= 11 is 0. The molecule has 1 unspecified atom stereocenters. The Kier molecular flexibility index (Phi) is 6.74. The molecule has 0 bridgehead atoms. The first-order chi connectivity index (χ1) is 14.9. The van der Waals surface area contributed by atoms with Crippen molar-refractivity contribution in [2.45, 2.75) is 19.8 Å². The van der Waals surface area contributed by atoms with E-state index in [9.17, 15) is 25.0 Å². The van der Waals surface area contributed by atoms with Gasteiger partial charge in [-0.05, 0) is 31.9 Å². The number of rotatable bonds is 8. The number of hydrogen-bond acceptors (Lipinski definition) is 11. The molecule has 1 aliphatic rings. The number of carbonyl (C=O) groups excluding carboxylic acids is 1. The van der Waals surface area contributed by atoms with Gasteiger partial charge >= 0.3 is 11.7 Å². The summed E-state index contributed by atoms with van der Waals surface area (Å²) in [6.45, 7) is 2.75. The molecule has 0 amide bonds. The molecule has 164 valence electrons. The fraction of sp³-hybridized carbons (Fsp3) is 0.389. The first kappa shape index (κ1) is 21.7. The van der Waals surface area contributed by atoms with Crippen molar-refractivity contribution in [3.63, 3.8) is 0 Å². The molecule has 0 spiro atoms. The van der Waals surface area contributed by atoms with Gasteiger partial charge in [0.05, 0.1) is 28.1 Å². The Labute approximate surface area is 176 Å². The number of carbonyl (C=O) groups is 1. The van der Waals surface area contributed by atoms with Gasteiger partial charge in [0, 0.05) is 25.2 Å².